The molecule has 1 aliphatic carbocycles. The number of fused-ring (bicyclic) bond motifs is 2. The number of hydrogen-bond donors (Lipinski definition) is 2. The molecule has 5 amide bonds. The number of alkyl halides is 3. The highest BCUT2D eigenvalue weighted by molar-refractivity contribution is 6.34. The summed E-state index contributed by atoms with van der Waals surface area (Å²) in [4.78, 5) is 68.9. The Kier molecular flexibility index (Phi) is 8.58. The van der Waals surface area contributed by atoms with Gasteiger partial charge in [-0.15, -0.1) is 0 Å². The van der Waals surface area contributed by atoms with Crippen LogP contribution in [0.2, 0.25) is 5.02 Å². The first-order valence-electron chi connectivity index (χ1n) is 17.5. The van der Waals surface area contributed by atoms with E-state index in [9.17, 15) is 37.1 Å². The number of rotatable bonds is 5. The number of piperidine rings is 1. The molecule has 1 atom stereocenters. The molecule has 0 aromatic heterocycles. The lowest BCUT2D eigenvalue weighted by atomic mass is 9.73. The minimum atomic E-state index is -4.53. The lowest BCUT2D eigenvalue weighted by molar-refractivity contribution is -0.138. The molecule has 10 nitrogen and oxygen atoms in total. The Bertz CT molecular complexity index is 2170. The molecule has 4 aliphatic heterocycles. The van der Waals surface area contributed by atoms with Crippen LogP contribution in [0.4, 0.5) is 24.5 Å². The SMILES string of the molecule is O=C1CCC(N2C(=O)c3ccc(N4CC(C#Cc5ccc6c(c5)CCN(C5(C(=O)Nc7ccc(C(F)(F)F)cc7Cl)CCC5)C6)C4)cc3C2=O)C(=O)N1. The Labute approximate surface area is 307 Å². The standard InChI is InChI=1S/C39H33ClF3N5O5/c40-30-17-26(39(41,42)43)6-9-31(30)44-37(53)38(13-1-14-38)47-15-12-24-16-22(4-5-25(24)21-47)2-3-23-19-46(20-23)27-7-8-28-29(18-27)36(52)48(35(28)51)32-10-11-33(49)45-34(32)50/h4-9,16-18,23,32H,1,10-15,19-21H2,(H,44,53)(H,45,49,50). The molecule has 4 heterocycles. The van der Waals surface area contributed by atoms with E-state index in [1.165, 1.54) is 6.07 Å². The van der Waals surface area contributed by atoms with Crippen LogP contribution in [-0.2, 0) is 33.5 Å². The van der Waals surface area contributed by atoms with E-state index in [-0.39, 0.29) is 46.5 Å². The van der Waals surface area contributed by atoms with Crippen LogP contribution in [0.3, 0.4) is 0 Å². The molecule has 53 heavy (non-hydrogen) atoms. The summed E-state index contributed by atoms with van der Waals surface area (Å²) in [5.41, 5.74) is 2.94. The molecule has 2 N–H and O–H groups in total. The molecule has 1 saturated carbocycles. The van der Waals surface area contributed by atoms with E-state index in [0.717, 1.165) is 52.3 Å². The van der Waals surface area contributed by atoms with E-state index in [4.69, 9.17) is 11.6 Å². The summed E-state index contributed by atoms with van der Waals surface area (Å²) in [7, 11) is 0. The fourth-order valence-corrected chi connectivity index (χ4v) is 8.08. The summed E-state index contributed by atoms with van der Waals surface area (Å²) in [6, 6.07) is 13.1. The van der Waals surface area contributed by atoms with Crippen molar-refractivity contribution >= 4 is 52.5 Å². The van der Waals surface area contributed by atoms with Crippen LogP contribution in [0, 0.1) is 17.8 Å². The number of nitrogens with zero attached hydrogens (tertiary/aromatic N) is 3. The van der Waals surface area contributed by atoms with Crippen molar-refractivity contribution in [2.75, 3.05) is 29.9 Å². The van der Waals surface area contributed by atoms with Crippen molar-refractivity contribution in [1.29, 1.82) is 0 Å². The van der Waals surface area contributed by atoms with Gasteiger partial charge in [-0.1, -0.05) is 29.5 Å². The van der Waals surface area contributed by atoms with Crippen molar-refractivity contribution in [1.82, 2.24) is 15.1 Å². The largest absolute Gasteiger partial charge is 0.416 e. The molecule has 1 unspecified atom stereocenters. The number of halogens is 4. The van der Waals surface area contributed by atoms with Crippen LogP contribution >= 0.6 is 11.6 Å². The van der Waals surface area contributed by atoms with Crippen LogP contribution in [-0.4, -0.2) is 70.6 Å². The summed E-state index contributed by atoms with van der Waals surface area (Å²) in [6.45, 7) is 2.50. The second-order valence-corrected chi connectivity index (χ2v) is 14.6. The number of amides is 5. The Hall–Kier alpha value is -5.19. The molecule has 0 radical (unpaired) electrons. The quantitative estimate of drug-likeness (QED) is 0.274. The topological polar surface area (TPSA) is 119 Å². The lowest BCUT2D eigenvalue weighted by Crippen LogP contribution is -2.62. The van der Waals surface area contributed by atoms with Gasteiger partial charge in [-0.3, -0.25) is 39.1 Å². The summed E-state index contributed by atoms with van der Waals surface area (Å²) in [6.07, 6.45) is -1.48. The summed E-state index contributed by atoms with van der Waals surface area (Å²) >= 11 is 6.13. The Balaban J connectivity index is 0.881. The average Bonchev–Trinajstić information content (AvgIpc) is 3.32. The fourth-order valence-electron chi connectivity index (χ4n) is 7.85. The smallest absolute Gasteiger partial charge is 0.369 e. The van der Waals surface area contributed by atoms with Crippen LogP contribution in [0.1, 0.15) is 75.1 Å². The molecule has 2 saturated heterocycles. The molecule has 8 rings (SSSR count). The molecule has 3 aromatic rings. The normalized spacial score (nSPS) is 21.2. The summed E-state index contributed by atoms with van der Waals surface area (Å²) in [5, 5.41) is 4.84. The van der Waals surface area contributed by atoms with Gasteiger partial charge in [-0.25, -0.2) is 0 Å². The monoisotopic (exact) mass is 743 g/mol. The van der Waals surface area contributed by atoms with Gasteiger partial charge >= 0.3 is 6.18 Å². The predicted octanol–water partition coefficient (Wildman–Crippen LogP) is 5.17. The first-order chi connectivity index (χ1) is 25.3. The molecule has 14 heteroatoms. The molecule has 5 aliphatic rings. The van der Waals surface area contributed by atoms with Gasteiger partial charge in [0.15, 0.2) is 0 Å². The minimum absolute atomic E-state index is 0.0613. The number of nitrogens with one attached hydrogen (secondary N) is 2. The van der Waals surface area contributed by atoms with Crippen LogP contribution in [0.5, 0.6) is 0 Å². The maximum atomic E-state index is 13.6. The number of anilines is 2. The van der Waals surface area contributed by atoms with Crippen molar-refractivity contribution < 1.29 is 37.1 Å². The van der Waals surface area contributed by atoms with Crippen molar-refractivity contribution in [3.05, 3.63) is 93.0 Å². The molecular formula is C39H33ClF3N5O5. The first-order valence-corrected chi connectivity index (χ1v) is 17.9. The second-order valence-electron chi connectivity index (χ2n) is 14.2. The number of carbonyl (C=O) groups is 5. The highest BCUT2D eigenvalue weighted by Crippen LogP contribution is 2.42. The lowest BCUT2D eigenvalue weighted by Gasteiger charge is -2.50. The maximum Gasteiger partial charge on any atom is 0.416 e. The van der Waals surface area contributed by atoms with Gasteiger partial charge < -0.3 is 10.2 Å². The van der Waals surface area contributed by atoms with Crippen molar-refractivity contribution in [3.63, 3.8) is 0 Å². The molecule has 3 fully saturated rings. The summed E-state index contributed by atoms with van der Waals surface area (Å²) in [5.74, 6) is 4.34. The van der Waals surface area contributed by atoms with Crippen LogP contribution < -0.4 is 15.5 Å². The predicted molar refractivity (Wildman–Crippen MR) is 188 cm³/mol. The van der Waals surface area contributed by atoms with Gasteiger partial charge in [0.05, 0.1) is 33.3 Å². The second kappa shape index (κ2) is 13.0. The van der Waals surface area contributed by atoms with Gasteiger partial charge in [0.25, 0.3) is 11.8 Å². The zero-order chi connectivity index (χ0) is 37.2. The van der Waals surface area contributed by atoms with Gasteiger partial charge in [0.2, 0.25) is 17.7 Å². The first kappa shape index (κ1) is 34.9. The Morgan fingerprint density at radius 1 is 0.925 bits per heavy atom. The van der Waals surface area contributed by atoms with E-state index in [1.807, 2.05) is 12.1 Å². The number of hydrogen-bond acceptors (Lipinski definition) is 7. The zero-order valence-electron chi connectivity index (χ0n) is 28.3. The van der Waals surface area contributed by atoms with E-state index >= 15 is 0 Å². The zero-order valence-corrected chi connectivity index (χ0v) is 29.1. The molecule has 272 valence electrons. The summed E-state index contributed by atoms with van der Waals surface area (Å²) < 4.78 is 39.3. The van der Waals surface area contributed by atoms with E-state index in [2.05, 4.69) is 38.3 Å². The maximum absolute atomic E-state index is 13.6. The number of imide groups is 2. The van der Waals surface area contributed by atoms with Crippen molar-refractivity contribution in [3.8, 4) is 11.8 Å². The van der Waals surface area contributed by atoms with Crippen molar-refractivity contribution in [2.45, 2.75) is 62.8 Å². The van der Waals surface area contributed by atoms with E-state index < -0.39 is 46.9 Å². The minimum Gasteiger partial charge on any atom is -0.369 e. The van der Waals surface area contributed by atoms with Gasteiger partial charge in [-0.05, 0) is 91.8 Å². The third-order valence-corrected chi connectivity index (χ3v) is 11.4. The third kappa shape index (κ3) is 6.23. The molecular weight excluding hydrogens is 711 g/mol. The van der Waals surface area contributed by atoms with E-state index in [0.29, 0.717) is 39.0 Å². The highest BCUT2D eigenvalue weighted by atomic mass is 35.5. The van der Waals surface area contributed by atoms with Gasteiger partial charge in [0.1, 0.15) is 11.6 Å². The van der Waals surface area contributed by atoms with E-state index in [1.54, 1.807) is 18.2 Å². The Morgan fingerprint density at radius 2 is 1.70 bits per heavy atom. The Morgan fingerprint density at radius 3 is 2.40 bits per heavy atom. The van der Waals surface area contributed by atoms with Gasteiger partial charge in [-0.2, -0.15) is 13.2 Å². The molecule has 0 bridgehead atoms. The van der Waals surface area contributed by atoms with Crippen LogP contribution in [0.25, 0.3) is 0 Å². The van der Waals surface area contributed by atoms with Gasteiger partial charge in [0, 0.05) is 43.9 Å². The highest BCUT2D eigenvalue weighted by Gasteiger charge is 2.50. The van der Waals surface area contributed by atoms with Crippen LogP contribution in [0.15, 0.2) is 54.6 Å². The fraction of sp³-hybridized carbons (Fsp3) is 0.359. The third-order valence-electron chi connectivity index (χ3n) is 11.1. The number of benzene rings is 3. The van der Waals surface area contributed by atoms with Crippen molar-refractivity contribution in [2.24, 2.45) is 5.92 Å². The molecule has 0 spiro atoms. The average molecular weight is 744 g/mol. The number of carbonyl (C=O) groups excluding carboxylic acids is 5. The molecule has 3 aromatic carbocycles.